The number of halogens is 2. The lowest BCUT2D eigenvalue weighted by molar-refractivity contribution is -0.148. The van der Waals surface area contributed by atoms with Gasteiger partial charge in [0.25, 0.3) is 0 Å². The Kier molecular flexibility index (Phi) is 4.94. The molecule has 0 aliphatic heterocycles. The summed E-state index contributed by atoms with van der Waals surface area (Å²) in [5, 5.41) is 16.9. The van der Waals surface area contributed by atoms with Gasteiger partial charge in [0.2, 0.25) is 0 Å². The van der Waals surface area contributed by atoms with Crippen LogP contribution in [-0.4, -0.2) is 47.2 Å². The largest absolute Gasteiger partial charge is 0.481 e. The van der Waals surface area contributed by atoms with Crippen LogP contribution in [0.15, 0.2) is 29.2 Å². The molecule has 2 unspecified atom stereocenters. The average Bonchev–Trinajstić information content (AvgIpc) is 3.51. The van der Waals surface area contributed by atoms with E-state index >= 15 is 4.39 Å². The average molecular weight is 484 g/mol. The lowest BCUT2D eigenvalue weighted by Crippen LogP contribution is -2.51. The summed E-state index contributed by atoms with van der Waals surface area (Å²) >= 11 is 6.04. The molecule has 10 nitrogen and oxygen atoms in total. The number of carbonyl (C=O) groups is 1. The number of H-pyrrole nitrogens is 1. The van der Waals surface area contributed by atoms with E-state index in [9.17, 15) is 9.90 Å². The fourth-order valence-electron chi connectivity index (χ4n) is 5.38. The Labute approximate surface area is 197 Å². The molecule has 0 aromatic carbocycles. The fraction of sp³-hybridized carbons (Fsp3) is 0.364. The topological polar surface area (TPSA) is 143 Å². The summed E-state index contributed by atoms with van der Waals surface area (Å²) in [6, 6.07) is 1.05. The Morgan fingerprint density at radius 1 is 1.21 bits per heavy atom. The van der Waals surface area contributed by atoms with Crippen LogP contribution in [0.2, 0.25) is 5.15 Å². The molecule has 4 aromatic heterocycles. The van der Waals surface area contributed by atoms with E-state index in [-0.39, 0.29) is 40.1 Å². The van der Waals surface area contributed by atoms with Crippen molar-refractivity contribution in [3.05, 3.63) is 35.6 Å². The van der Waals surface area contributed by atoms with Gasteiger partial charge in [-0.2, -0.15) is 0 Å². The number of carboxylic acids is 1. The molecule has 3 N–H and O–H groups in total. The zero-order valence-corrected chi connectivity index (χ0v) is 18.5. The van der Waals surface area contributed by atoms with Crippen LogP contribution in [0.4, 0.5) is 10.2 Å². The molecule has 3 saturated carbocycles. The van der Waals surface area contributed by atoms with Crippen molar-refractivity contribution >= 4 is 34.6 Å². The van der Waals surface area contributed by atoms with Crippen molar-refractivity contribution in [1.29, 1.82) is 0 Å². The number of nitrogens with zero attached hydrogens (tertiary/aromatic N) is 5. The Hall–Kier alpha value is -3.60. The van der Waals surface area contributed by atoms with Crippen molar-refractivity contribution in [3.8, 4) is 22.8 Å². The first-order valence-electron chi connectivity index (χ1n) is 11.0. The summed E-state index contributed by atoms with van der Waals surface area (Å²) in [4.78, 5) is 32.4. The summed E-state index contributed by atoms with van der Waals surface area (Å²) in [5.74, 6) is -1.87. The van der Waals surface area contributed by atoms with Crippen LogP contribution in [0.1, 0.15) is 25.7 Å². The number of rotatable bonds is 5. The minimum Gasteiger partial charge on any atom is -0.481 e. The fourth-order valence-corrected chi connectivity index (χ4v) is 5.51. The molecule has 0 radical (unpaired) electrons. The number of aromatic amines is 1. The Balaban J connectivity index is 1.49. The molecule has 2 bridgehead atoms. The molecule has 3 aliphatic rings. The maximum atomic E-state index is 15.7. The number of fused-ring (bicyclic) bond motifs is 4. The van der Waals surface area contributed by atoms with E-state index in [0.717, 1.165) is 25.7 Å². The number of nitrogens with one attached hydrogen (secondary N) is 2. The third-order valence-corrected chi connectivity index (χ3v) is 7.10. The van der Waals surface area contributed by atoms with Gasteiger partial charge in [0.05, 0.1) is 23.9 Å². The monoisotopic (exact) mass is 483 g/mol. The Morgan fingerprint density at radius 2 is 2.00 bits per heavy atom. The van der Waals surface area contributed by atoms with Crippen LogP contribution >= 0.6 is 11.6 Å². The minimum atomic E-state index is -0.876. The standard InChI is InChI=1S/C22H19ClFN7O3/c23-13-8-26-21-17(28-13)11(7-25-21)19-30-18(12-5-6-27-34-12)15(24)20(31-19)29-16-10-3-1-9(2-4-10)14(16)22(32)33/h5-10,14,16H,1-4H2,(H,25,26)(H,32,33)(H,29,30,31). The van der Waals surface area contributed by atoms with Crippen LogP contribution in [0, 0.1) is 23.6 Å². The van der Waals surface area contributed by atoms with Gasteiger partial charge in [0.15, 0.2) is 34.6 Å². The number of anilines is 1. The number of hydrogen-bond acceptors (Lipinski definition) is 8. The van der Waals surface area contributed by atoms with E-state index in [4.69, 9.17) is 16.1 Å². The molecule has 174 valence electrons. The maximum Gasteiger partial charge on any atom is 0.308 e. The molecule has 3 aliphatic carbocycles. The Bertz CT molecular complexity index is 1380. The summed E-state index contributed by atoms with van der Waals surface area (Å²) in [5.41, 5.74) is 1.27. The number of hydrogen-bond donors (Lipinski definition) is 3. The van der Waals surface area contributed by atoms with Gasteiger partial charge in [0.1, 0.15) is 10.7 Å². The Morgan fingerprint density at radius 3 is 2.74 bits per heavy atom. The second-order valence-electron chi connectivity index (χ2n) is 8.74. The molecule has 0 amide bonds. The quantitative estimate of drug-likeness (QED) is 0.381. The molecule has 0 spiro atoms. The van der Waals surface area contributed by atoms with Gasteiger partial charge in [-0.3, -0.25) is 4.79 Å². The molecule has 4 heterocycles. The van der Waals surface area contributed by atoms with Gasteiger partial charge in [-0.25, -0.2) is 24.3 Å². The lowest BCUT2D eigenvalue weighted by atomic mass is 9.61. The maximum absolute atomic E-state index is 15.7. The third-order valence-electron chi connectivity index (χ3n) is 6.92. The number of aliphatic carboxylic acids is 1. The predicted molar refractivity (Wildman–Crippen MR) is 119 cm³/mol. The summed E-state index contributed by atoms with van der Waals surface area (Å²) in [6.45, 7) is 0. The summed E-state index contributed by atoms with van der Waals surface area (Å²) in [7, 11) is 0. The van der Waals surface area contributed by atoms with Crippen LogP contribution in [0.25, 0.3) is 34.0 Å². The van der Waals surface area contributed by atoms with E-state index in [2.05, 4.69) is 35.4 Å². The van der Waals surface area contributed by atoms with E-state index in [1.807, 2.05) is 0 Å². The summed E-state index contributed by atoms with van der Waals surface area (Å²) in [6.07, 6.45) is 7.96. The first kappa shape index (κ1) is 21.0. The van der Waals surface area contributed by atoms with E-state index in [0.29, 0.717) is 16.7 Å². The van der Waals surface area contributed by atoms with Crippen molar-refractivity contribution in [2.45, 2.75) is 31.7 Å². The highest BCUT2D eigenvalue weighted by atomic mass is 35.5. The van der Waals surface area contributed by atoms with Crippen LogP contribution < -0.4 is 5.32 Å². The zero-order chi connectivity index (χ0) is 23.4. The first-order valence-corrected chi connectivity index (χ1v) is 11.4. The van der Waals surface area contributed by atoms with Gasteiger partial charge in [0, 0.05) is 18.3 Å². The van der Waals surface area contributed by atoms with Crippen molar-refractivity contribution in [1.82, 2.24) is 30.1 Å². The van der Waals surface area contributed by atoms with Crippen LogP contribution in [0.3, 0.4) is 0 Å². The van der Waals surface area contributed by atoms with Crippen molar-refractivity contribution in [2.75, 3.05) is 5.32 Å². The number of carboxylic acid groups (broad SMARTS) is 1. The van der Waals surface area contributed by atoms with Gasteiger partial charge in [-0.1, -0.05) is 16.8 Å². The molecule has 7 rings (SSSR count). The minimum absolute atomic E-state index is 0.0594. The van der Waals surface area contributed by atoms with Gasteiger partial charge < -0.3 is 19.9 Å². The van der Waals surface area contributed by atoms with Crippen LogP contribution in [-0.2, 0) is 4.79 Å². The highest BCUT2D eigenvalue weighted by molar-refractivity contribution is 6.29. The normalized spacial score (nSPS) is 23.9. The molecular weight excluding hydrogens is 465 g/mol. The van der Waals surface area contributed by atoms with Gasteiger partial charge in [-0.15, -0.1) is 0 Å². The molecular formula is C22H19ClFN7O3. The van der Waals surface area contributed by atoms with E-state index in [1.165, 1.54) is 18.5 Å². The van der Waals surface area contributed by atoms with E-state index < -0.39 is 23.7 Å². The van der Waals surface area contributed by atoms with Gasteiger partial charge >= 0.3 is 5.97 Å². The highest BCUT2D eigenvalue weighted by Gasteiger charge is 2.47. The molecule has 3 fully saturated rings. The smallest absolute Gasteiger partial charge is 0.308 e. The van der Waals surface area contributed by atoms with Crippen molar-refractivity contribution in [2.24, 2.45) is 17.8 Å². The molecule has 34 heavy (non-hydrogen) atoms. The highest BCUT2D eigenvalue weighted by Crippen LogP contribution is 2.46. The van der Waals surface area contributed by atoms with Crippen LogP contribution in [0.5, 0.6) is 0 Å². The van der Waals surface area contributed by atoms with E-state index in [1.54, 1.807) is 6.20 Å². The first-order chi connectivity index (χ1) is 16.5. The zero-order valence-electron chi connectivity index (χ0n) is 17.7. The number of aromatic nitrogens is 6. The lowest BCUT2D eigenvalue weighted by Gasteiger charge is -2.47. The predicted octanol–water partition coefficient (Wildman–Crippen LogP) is 4.16. The molecule has 2 atom stereocenters. The van der Waals surface area contributed by atoms with Crippen molar-refractivity contribution in [3.63, 3.8) is 0 Å². The SMILES string of the molecule is O=C(O)C1C2CCC(CC2)C1Nc1nc(-c2c[nH]c3ncc(Cl)nc23)nc(-c2ccno2)c1F. The summed E-state index contributed by atoms with van der Waals surface area (Å²) < 4.78 is 20.9. The molecule has 0 saturated heterocycles. The molecule has 4 aromatic rings. The van der Waals surface area contributed by atoms with Gasteiger partial charge in [-0.05, 0) is 37.5 Å². The second-order valence-corrected chi connectivity index (χ2v) is 9.12. The third kappa shape index (κ3) is 3.38. The molecule has 12 heteroatoms. The van der Waals surface area contributed by atoms with Crippen molar-refractivity contribution < 1.29 is 18.8 Å². The second kappa shape index (κ2) is 8.01.